The van der Waals surface area contributed by atoms with Gasteiger partial charge in [-0.25, -0.2) is 9.78 Å². The quantitative estimate of drug-likeness (QED) is 0.172. The monoisotopic (exact) mass is 485 g/mol. The van der Waals surface area contributed by atoms with Crippen molar-refractivity contribution in [2.45, 2.75) is 10.8 Å². The van der Waals surface area contributed by atoms with Gasteiger partial charge < -0.3 is 10.4 Å². The van der Waals surface area contributed by atoms with Gasteiger partial charge in [-0.15, -0.1) is 11.8 Å². The van der Waals surface area contributed by atoms with Crippen LogP contribution in [0.25, 0.3) is 0 Å². The van der Waals surface area contributed by atoms with Gasteiger partial charge in [0.1, 0.15) is 18.1 Å². The number of anilines is 1. The summed E-state index contributed by atoms with van der Waals surface area (Å²) in [7, 11) is 0. The van der Waals surface area contributed by atoms with Gasteiger partial charge in [0.15, 0.2) is 0 Å². The second kappa shape index (κ2) is 10.8. The summed E-state index contributed by atoms with van der Waals surface area (Å²) in [4.78, 5) is 26.6. The largest absolute Gasteiger partial charge is 0.480 e. The van der Waals surface area contributed by atoms with E-state index < -0.39 is 21.7 Å². The van der Waals surface area contributed by atoms with Gasteiger partial charge >= 0.3 is 5.97 Å². The molecule has 2 N–H and O–H groups in total. The third-order valence-electron chi connectivity index (χ3n) is 5.59. The van der Waals surface area contributed by atoms with E-state index in [1.807, 2.05) is 91.0 Å². The Labute approximate surface area is 207 Å². The van der Waals surface area contributed by atoms with Crippen LogP contribution in [0.4, 0.5) is 11.5 Å². The van der Waals surface area contributed by atoms with Crippen molar-refractivity contribution < 1.29 is 14.8 Å². The number of carboxylic acids is 1. The van der Waals surface area contributed by atoms with Gasteiger partial charge in [-0.1, -0.05) is 91.0 Å². The fraction of sp³-hybridized carbons (Fsp3) is 0.111. The molecule has 1 heterocycles. The summed E-state index contributed by atoms with van der Waals surface area (Å²) in [5.74, 6) is -0.582. The predicted molar refractivity (Wildman–Crippen MR) is 138 cm³/mol. The number of rotatable bonds is 10. The van der Waals surface area contributed by atoms with Gasteiger partial charge in [0.25, 0.3) is 5.69 Å². The predicted octanol–water partition coefficient (Wildman–Crippen LogP) is 5.58. The summed E-state index contributed by atoms with van der Waals surface area (Å²) in [5, 5.41) is 23.8. The van der Waals surface area contributed by atoms with Crippen LogP contribution in [0.1, 0.15) is 16.7 Å². The molecule has 4 rings (SSSR count). The topological polar surface area (TPSA) is 105 Å². The summed E-state index contributed by atoms with van der Waals surface area (Å²) in [6.07, 6.45) is 1.11. The summed E-state index contributed by atoms with van der Waals surface area (Å²) < 4.78 is -0.665. The molecule has 0 saturated heterocycles. The highest BCUT2D eigenvalue weighted by Crippen LogP contribution is 2.48. The normalized spacial score (nSPS) is 12.0. The zero-order valence-electron chi connectivity index (χ0n) is 18.7. The number of aromatic nitrogens is 1. The maximum atomic E-state index is 12.2. The van der Waals surface area contributed by atoms with Gasteiger partial charge in [-0.2, -0.15) is 0 Å². The number of benzene rings is 3. The van der Waals surface area contributed by atoms with Crippen molar-refractivity contribution in [2.24, 2.45) is 0 Å². The maximum Gasteiger partial charge on any atom is 0.327 e. The first-order chi connectivity index (χ1) is 17.0. The lowest BCUT2D eigenvalue weighted by Gasteiger charge is -2.36. The molecule has 1 aromatic heterocycles. The van der Waals surface area contributed by atoms with E-state index in [0.717, 1.165) is 22.9 Å². The summed E-state index contributed by atoms with van der Waals surface area (Å²) >= 11 is 1.51. The number of pyridine rings is 1. The fourth-order valence-electron chi connectivity index (χ4n) is 3.91. The third-order valence-corrected chi connectivity index (χ3v) is 7.23. The Hall–Kier alpha value is -4.17. The number of nitrogens with one attached hydrogen (secondary N) is 1. The minimum absolute atomic E-state index is 0.159. The minimum Gasteiger partial charge on any atom is -0.480 e. The zero-order valence-corrected chi connectivity index (χ0v) is 19.5. The number of thioether (sulfide) groups is 1. The van der Waals surface area contributed by atoms with Crippen LogP contribution in [0.5, 0.6) is 0 Å². The molecular weight excluding hydrogens is 462 g/mol. The second-order valence-electron chi connectivity index (χ2n) is 7.78. The standard InChI is InChI=1S/C27H23N3O4S/c31-26(32)24(29-25-17-16-23(18-28-25)30(33)34)19-35-27(20-10-4-1-5-11-20,21-12-6-2-7-13-21)22-14-8-3-9-15-22/h1-18,24H,19H2,(H,28,29)(H,31,32)/t24-/m0/s1. The summed E-state index contributed by atoms with van der Waals surface area (Å²) in [5.41, 5.74) is 2.92. The van der Waals surface area contributed by atoms with Crippen LogP contribution in [0.3, 0.4) is 0 Å². The minimum atomic E-state index is -1.04. The number of nitrogens with zero attached hydrogens (tertiary/aromatic N) is 2. The molecule has 0 amide bonds. The van der Waals surface area contributed by atoms with Crippen molar-refractivity contribution in [1.29, 1.82) is 0 Å². The van der Waals surface area contributed by atoms with Crippen LogP contribution < -0.4 is 5.32 Å². The average molecular weight is 486 g/mol. The highest BCUT2D eigenvalue weighted by Gasteiger charge is 2.38. The Morgan fingerprint density at radius 3 is 1.74 bits per heavy atom. The molecule has 3 aromatic carbocycles. The molecule has 0 aliphatic rings. The van der Waals surface area contributed by atoms with Gasteiger partial charge in [-0.3, -0.25) is 10.1 Å². The Morgan fingerprint density at radius 2 is 1.37 bits per heavy atom. The van der Waals surface area contributed by atoms with Crippen LogP contribution in [-0.2, 0) is 9.54 Å². The molecule has 0 aliphatic heterocycles. The van der Waals surface area contributed by atoms with Crippen molar-refractivity contribution in [3.63, 3.8) is 0 Å². The van der Waals surface area contributed by atoms with E-state index in [1.54, 1.807) is 0 Å². The molecule has 0 aliphatic carbocycles. The van der Waals surface area contributed by atoms with Crippen molar-refractivity contribution >= 4 is 29.2 Å². The SMILES string of the molecule is O=C(O)[C@H](CSC(c1ccccc1)(c1ccccc1)c1ccccc1)Nc1ccc([N+](=O)[O-])cn1. The average Bonchev–Trinajstić information content (AvgIpc) is 2.90. The molecule has 4 aromatic rings. The van der Waals surface area contributed by atoms with Crippen LogP contribution in [0.15, 0.2) is 109 Å². The molecule has 1 atom stereocenters. The first-order valence-electron chi connectivity index (χ1n) is 10.9. The molecule has 0 saturated carbocycles. The van der Waals surface area contributed by atoms with E-state index >= 15 is 0 Å². The highest BCUT2D eigenvalue weighted by molar-refractivity contribution is 8.00. The Bertz CT molecular complexity index is 1170. The number of carbonyl (C=O) groups is 1. The van der Waals surface area contributed by atoms with Crippen molar-refractivity contribution in [3.8, 4) is 0 Å². The summed E-state index contributed by atoms with van der Waals surface area (Å²) in [6, 6.07) is 31.7. The van der Waals surface area contributed by atoms with Gasteiger partial charge in [0.05, 0.1) is 9.67 Å². The molecule has 0 bridgehead atoms. The van der Waals surface area contributed by atoms with Crippen molar-refractivity contribution in [2.75, 3.05) is 11.1 Å². The number of hydrogen-bond acceptors (Lipinski definition) is 6. The zero-order chi connectivity index (χ0) is 24.7. The lowest BCUT2D eigenvalue weighted by atomic mass is 9.84. The first kappa shape index (κ1) is 24.0. The lowest BCUT2D eigenvalue weighted by Crippen LogP contribution is -2.35. The summed E-state index contributed by atoms with van der Waals surface area (Å²) in [6.45, 7) is 0. The Kier molecular flexibility index (Phi) is 7.42. The van der Waals surface area contributed by atoms with Crippen LogP contribution in [0.2, 0.25) is 0 Å². The third kappa shape index (κ3) is 5.33. The van der Waals surface area contributed by atoms with E-state index in [1.165, 1.54) is 23.9 Å². The molecule has 0 radical (unpaired) electrons. The number of carboxylic acid groups (broad SMARTS) is 1. The van der Waals surface area contributed by atoms with Gasteiger partial charge in [0.2, 0.25) is 0 Å². The molecule has 176 valence electrons. The second-order valence-corrected chi connectivity index (χ2v) is 9.02. The number of hydrogen-bond donors (Lipinski definition) is 2. The highest BCUT2D eigenvalue weighted by atomic mass is 32.2. The number of aliphatic carboxylic acids is 1. The van der Waals surface area contributed by atoms with Crippen LogP contribution in [0, 0.1) is 10.1 Å². The molecule has 35 heavy (non-hydrogen) atoms. The van der Waals surface area contributed by atoms with Gasteiger partial charge in [0, 0.05) is 11.8 Å². The van der Waals surface area contributed by atoms with E-state index in [4.69, 9.17) is 0 Å². The van der Waals surface area contributed by atoms with E-state index in [0.29, 0.717) is 0 Å². The fourth-order valence-corrected chi connectivity index (χ4v) is 5.46. The molecule has 0 spiro atoms. The lowest BCUT2D eigenvalue weighted by molar-refractivity contribution is -0.385. The molecule has 0 fully saturated rings. The molecular formula is C27H23N3O4S. The molecule has 8 heteroatoms. The first-order valence-corrected chi connectivity index (χ1v) is 11.9. The van der Waals surface area contributed by atoms with Crippen molar-refractivity contribution in [3.05, 3.63) is 136 Å². The smallest absolute Gasteiger partial charge is 0.327 e. The van der Waals surface area contributed by atoms with E-state index in [-0.39, 0.29) is 17.3 Å². The Balaban J connectivity index is 1.72. The van der Waals surface area contributed by atoms with Crippen LogP contribution in [-0.4, -0.2) is 32.8 Å². The number of nitro groups is 1. The molecule has 7 nitrogen and oxygen atoms in total. The van der Waals surface area contributed by atoms with Crippen LogP contribution >= 0.6 is 11.8 Å². The van der Waals surface area contributed by atoms with E-state index in [9.17, 15) is 20.0 Å². The van der Waals surface area contributed by atoms with E-state index in [2.05, 4.69) is 10.3 Å². The van der Waals surface area contributed by atoms with Crippen molar-refractivity contribution in [1.82, 2.24) is 4.98 Å². The molecule has 0 unspecified atom stereocenters. The van der Waals surface area contributed by atoms with Gasteiger partial charge in [-0.05, 0) is 22.8 Å². The Morgan fingerprint density at radius 1 is 0.886 bits per heavy atom. The maximum absolute atomic E-state index is 12.2.